The quantitative estimate of drug-likeness (QED) is 0.688. The minimum Gasteiger partial charge on any atom is -0.387 e. The van der Waals surface area contributed by atoms with Gasteiger partial charge in [0.25, 0.3) is 0 Å². The molecule has 0 saturated carbocycles. The van der Waals surface area contributed by atoms with Crippen molar-refractivity contribution in [1.82, 2.24) is 15.0 Å². The van der Waals surface area contributed by atoms with Gasteiger partial charge >= 0.3 is 0 Å². The lowest BCUT2D eigenvalue weighted by atomic mass is 9.92. The first-order valence-corrected chi connectivity index (χ1v) is 5.05. The molecule has 0 amide bonds. The summed E-state index contributed by atoms with van der Waals surface area (Å²) in [6, 6.07) is 0. The molecule has 1 aromatic heterocycles. The lowest BCUT2D eigenvalue weighted by Gasteiger charge is -2.38. The molecule has 0 unspecified atom stereocenters. The van der Waals surface area contributed by atoms with Gasteiger partial charge in [-0.2, -0.15) is 4.98 Å². The number of halogens is 1. The molecule has 0 spiro atoms. The van der Waals surface area contributed by atoms with E-state index in [1.807, 2.05) is 0 Å². The Morgan fingerprint density at radius 2 is 2.38 bits per heavy atom. The molecular formula is C9H14FN5O. The molecule has 1 aromatic rings. The van der Waals surface area contributed by atoms with E-state index in [0.717, 1.165) is 0 Å². The summed E-state index contributed by atoms with van der Waals surface area (Å²) in [5, 5.41) is 9.68. The van der Waals surface area contributed by atoms with E-state index in [2.05, 4.69) is 15.0 Å². The summed E-state index contributed by atoms with van der Waals surface area (Å²) in [5.74, 6) is 0.461. The molecule has 1 saturated heterocycles. The van der Waals surface area contributed by atoms with Gasteiger partial charge in [0.2, 0.25) is 11.9 Å². The van der Waals surface area contributed by atoms with Crippen molar-refractivity contribution in [2.75, 3.05) is 23.7 Å². The SMILES string of the molecule is C[C@@]1(O)CCN(c2ncnc(N)n2)C[C@@H]1F. The van der Waals surface area contributed by atoms with E-state index in [4.69, 9.17) is 5.73 Å². The van der Waals surface area contributed by atoms with Gasteiger partial charge in [0, 0.05) is 6.54 Å². The molecule has 0 bridgehead atoms. The highest BCUT2D eigenvalue weighted by Crippen LogP contribution is 2.26. The zero-order valence-electron chi connectivity index (χ0n) is 8.97. The summed E-state index contributed by atoms with van der Waals surface area (Å²) in [6.07, 6.45) is 0.302. The van der Waals surface area contributed by atoms with Gasteiger partial charge in [0.1, 0.15) is 12.5 Å². The van der Waals surface area contributed by atoms with Crippen molar-refractivity contribution in [3.8, 4) is 0 Å². The highest BCUT2D eigenvalue weighted by molar-refractivity contribution is 5.34. The second-order valence-corrected chi connectivity index (χ2v) is 4.16. The van der Waals surface area contributed by atoms with Gasteiger partial charge in [-0.3, -0.25) is 0 Å². The fourth-order valence-electron chi connectivity index (χ4n) is 1.63. The highest BCUT2D eigenvalue weighted by atomic mass is 19.1. The van der Waals surface area contributed by atoms with E-state index in [0.29, 0.717) is 18.9 Å². The van der Waals surface area contributed by atoms with Gasteiger partial charge in [-0.05, 0) is 13.3 Å². The Morgan fingerprint density at radius 1 is 1.62 bits per heavy atom. The highest BCUT2D eigenvalue weighted by Gasteiger charge is 2.38. The van der Waals surface area contributed by atoms with Crippen molar-refractivity contribution < 1.29 is 9.50 Å². The third-order valence-corrected chi connectivity index (χ3v) is 2.80. The number of aromatic nitrogens is 3. The van der Waals surface area contributed by atoms with Crippen LogP contribution >= 0.6 is 0 Å². The third kappa shape index (κ3) is 2.04. The molecule has 1 fully saturated rings. The standard InChI is InChI=1S/C9H14FN5O/c1-9(16)2-3-15(4-6(9)10)8-13-5-12-7(11)14-8/h5-6,16H,2-4H2,1H3,(H2,11,12,13,14)/t6-,9+/m0/s1. The number of hydrogen-bond donors (Lipinski definition) is 2. The minimum atomic E-state index is -1.32. The van der Waals surface area contributed by atoms with Crippen LogP contribution in [0.3, 0.4) is 0 Å². The number of nitrogens with two attached hydrogens (primary N) is 1. The van der Waals surface area contributed by atoms with Crippen LogP contribution in [0.25, 0.3) is 0 Å². The Bertz CT molecular complexity index is 386. The van der Waals surface area contributed by atoms with Crippen molar-refractivity contribution in [1.29, 1.82) is 0 Å². The average molecular weight is 227 g/mol. The largest absolute Gasteiger partial charge is 0.387 e. The topological polar surface area (TPSA) is 88.2 Å². The summed E-state index contributed by atoms with van der Waals surface area (Å²) in [6.45, 7) is 2.06. The molecule has 1 aliphatic heterocycles. The number of aliphatic hydroxyl groups is 1. The van der Waals surface area contributed by atoms with Crippen LogP contribution in [0.15, 0.2) is 6.33 Å². The number of hydrogen-bond acceptors (Lipinski definition) is 6. The molecule has 0 aromatic carbocycles. The summed E-state index contributed by atoms with van der Waals surface area (Å²) in [5.41, 5.74) is 4.15. The molecular weight excluding hydrogens is 213 g/mol. The van der Waals surface area contributed by atoms with Gasteiger partial charge in [-0.25, -0.2) is 14.4 Å². The summed E-state index contributed by atoms with van der Waals surface area (Å²) < 4.78 is 13.6. The zero-order chi connectivity index (χ0) is 11.8. The van der Waals surface area contributed by atoms with Gasteiger partial charge < -0.3 is 15.7 Å². The fraction of sp³-hybridized carbons (Fsp3) is 0.667. The van der Waals surface area contributed by atoms with Crippen LogP contribution in [0, 0.1) is 0 Å². The predicted octanol–water partition coefficient (Wildman–Crippen LogP) is -0.247. The Balaban J connectivity index is 2.14. The number of rotatable bonds is 1. The Morgan fingerprint density at radius 3 is 3.00 bits per heavy atom. The first-order valence-electron chi connectivity index (χ1n) is 5.05. The molecule has 0 aliphatic carbocycles. The molecule has 1 aliphatic rings. The molecule has 7 heteroatoms. The second-order valence-electron chi connectivity index (χ2n) is 4.16. The van der Waals surface area contributed by atoms with E-state index >= 15 is 0 Å². The average Bonchev–Trinajstić information content (AvgIpc) is 2.22. The molecule has 88 valence electrons. The number of alkyl halides is 1. The maximum absolute atomic E-state index is 13.6. The molecule has 2 rings (SSSR count). The zero-order valence-corrected chi connectivity index (χ0v) is 8.97. The van der Waals surface area contributed by atoms with Gasteiger partial charge in [-0.1, -0.05) is 0 Å². The summed E-state index contributed by atoms with van der Waals surface area (Å²) >= 11 is 0. The molecule has 2 atom stereocenters. The number of nitrogen functional groups attached to an aromatic ring is 1. The van der Waals surface area contributed by atoms with Gasteiger partial charge in [-0.15, -0.1) is 0 Å². The Hall–Kier alpha value is -1.50. The van der Waals surface area contributed by atoms with Crippen LogP contribution in [0.2, 0.25) is 0 Å². The third-order valence-electron chi connectivity index (χ3n) is 2.80. The van der Waals surface area contributed by atoms with E-state index in [1.165, 1.54) is 13.3 Å². The van der Waals surface area contributed by atoms with E-state index < -0.39 is 11.8 Å². The van der Waals surface area contributed by atoms with Crippen LogP contribution in [0.1, 0.15) is 13.3 Å². The van der Waals surface area contributed by atoms with Crippen molar-refractivity contribution in [3.05, 3.63) is 6.33 Å². The fourth-order valence-corrected chi connectivity index (χ4v) is 1.63. The first-order chi connectivity index (χ1) is 7.49. The van der Waals surface area contributed by atoms with Crippen LogP contribution in [-0.2, 0) is 0 Å². The predicted molar refractivity (Wildman–Crippen MR) is 56.6 cm³/mol. The van der Waals surface area contributed by atoms with Crippen molar-refractivity contribution in [2.24, 2.45) is 0 Å². The maximum Gasteiger partial charge on any atom is 0.230 e. The van der Waals surface area contributed by atoms with Gasteiger partial charge in [0.05, 0.1) is 12.1 Å². The monoisotopic (exact) mass is 227 g/mol. The molecule has 2 heterocycles. The number of nitrogens with zero attached hydrogens (tertiary/aromatic N) is 4. The summed E-state index contributed by atoms with van der Waals surface area (Å²) in [4.78, 5) is 13.2. The molecule has 0 radical (unpaired) electrons. The maximum atomic E-state index is 13.6. The van der Waals surface area contributed by atoms with E-state index in [1.54, 1.807) is 4.90 Å². The van der Waals surface area contributed by atoms with Crippen molar-refractivity contribution >= 4 is 11.9 Å². The Kier molecular flexibility index (Phi) is 2.63. The smallest absolute Gasteiger partial charge is 0.230 e. The van der Waals surface area contributed by atoms with Gasteiger partial charge in [0.15, 0.2) is 0 Å². The van der Waals surface area contributed by atoms with E-state index in [9.17, 15) is 9.50 Å². The normalized spacial score (nSPS) is 30.4. The lowest BCUT2D eigenvalue weighted by Crippen LogP contribution is -2.52. The van der Waals surface area contributed by atoms with Crippen LogP contribution in [0.5, 0.6) is 0 Å². The van der Waals surface area contributed by atoms with Crippen molar-refractivity contribution in [3.63, 3.8) is 0 Å². The second kappa shape index (κ2) is 3.82. The van der Waals surface area contributed by atoms with Crippen LogP contribution in [-0.4, -0.2) is 44.9 Å². The molecule has 6 nitrogen and oxygen atoms in total. The Labute approximate surface area is 92.3 Å². The number of piperidine rings is 1. The first kappa shape index (κ1) is 11.0. The van der Waals surface area contributed by atoms with Crippen LogP contribution in [0.4, 0.5) is 16.3 Å². The molecule has 3 N–H and O–H groups in total. The van der Waals surface area contributed by atoms with E-state index in [-0.39, 0.29) is 12.5 Å². The lowest BCUT2D eigenvalue weighted by molar-refractivity contribution is -0.0332. The molecule has 16 heavy (non-hydrogen) atoms. The van der Waals surface area contributed by atoms with Crippen molar-refractivity contribution in [2.45, 2.75) is 25.1 Å². The van der Waals surface area contributed by atoms with Crippen LogP contribution < -0.4 is 10.6 Å². The summed E-state index contributed by atoms with van der Waals surface area (Å²) in [7, 11) is 0. The number of anilines is 2. The minimum absolute atomic E-state index is 0.0659.